The molecule has 1 aliphatic heterocycles. The van der Waals surface area contributed by atoms with Crippen molar-refractivity contribution in [3.63, 3.8) is 0 Å². The number of nitrogens with zero attached hydrogens (tertiary/aromatic N) is 1. The Bertz CT molecular complexity index is 391. The number of Topliss-reactive ketones (excluding diaryl/α,β-unsaturated/α-hetero) is 1. The van der Waals surface area contributed by atoms with E-state index in [2.05, 4.69) is 9.26 Å². The van der Waals surface area contributed by atoms with Crippen LogP contribution >= 0.6 is 7.82 Å². The first-order valence-electron chi connectivity index (χ1n) is 5.89. The molecule has 0 saturated carbocycles. The molecule has 1 amide bonds. The van der Waals surface area contributed by atoms with E-state index in [-0.39, 0.29) is 11.7 Å². The topological polar surface area (TPSA) is 113 Å². The maximum atomic E-state index is 11.9. The van der Waals surface area contributed by atoms with Crippen LogP contribution in [0.1, 0.15) is 26.7 Å². The Labute approximate surface area is 110 Å². The van der Waals surface area contributed by atoms with E-state index in [4.69, 9.17) is 9.79 Å². The fraction of sp³-hybridized carbons (Fsp3) is 0.800. The Morgan fingerprint density at radius 2 is 2.05 bits per heavy atom. The Hall–Kier alpha value is -0.950. The molecular weight excluding hydrogens is 277 g/mol. The third kappa shape index (κ3) is 4.91. The molecule has 0 spiro atoms. The Kier molecular flexibility index (Phi) is 5.49. The summed E-state index contributed by atoms with van der Waals surface area (Å²) in [5.41, 5.74) is 0. The first-order valence-corrected chi connectivity index (χ1v) is 7.42. The quantitative estimate of drug-likeness (QED) is 0.571. The zero-order valence-corrected chi connectivity index (χ0v) is 11.7. The van der Waals surface area contributed by atoms with Crippen LogP contribution in [0.3, 0.4) is 0 Å². The fourth-order valence-corrected chi connectivity index (χ4v) is 2.08. The summed E-state index contributed by atoms with van der Waals surface area (Å²) >= 11 is 0. The van der Waals surface area contributed by atoms with Crippen molar-refractivity contribution in [3.05, 3.63) is 0 Å². The van der Waals surface area contributed by atoms with Crippen LogP contribution in [-0.4, -0.2) is 45.9 Å². The molecule has 1 fully saturated rings. The fourth-order valence-electron chi connectivity index (χ4n) is 1.89. The molecule has 0 aromatic carbocycles. The van der Waals surface area contributed by atoms with Gasteiger partial charge in [0.15, 0.2) is 5.78 Å². The second-order valence-corrected chi connectivity index (χ2v) is 5.80. The molecule has 1 heterocycles. The molecule has 1 saturated heterocycles. The smallest absolute Gasteiger partial charge is 0.422 e. The van der Waals surface area contributed by atoms with Crippen molar-refractivity contribution < 1.29 is 33.2 Å². The number of carbonyl (C=O) groups excluding carboxylic acids is 2. The number of phosphoric ester groups is 1. The van der Waals surface area contributed by atoms with Crippen molar-refractivity contribution in [2.24, 2.45) is 5.92 Å². The molecule has 1 aliphatic rings. The molecule has 0 aromatic heterocycles. The molecule has 0 aromatic rings. The van der Waals surface area contributed by atoms with E-state index in [9.17, 15) is 14.2 Å². The van der Waals surface area contributed by atoms with E-state index < -0.39 is 26.8 Å². The average molecular weight is 295 g/mol. The van der Waals surface area contributed by atoms with Crippen molar-refractivity contribution in [3.8, 4) is 0 Å². The maximum Gasteiger partial charge on any atom is 0.472 e. The molecular formula is C10H18NO7P. The summed E-state index contributed by atoms with van der Waals surface area (Å²) in [6, 6.07) is -0.525. The van der Waals surface area contributed by atoms with Gasteiger partial charge in [0.2, 0.25) is 6.79 Å². The summed E-state index contributed by atoms with van der Waals surface area (Å²) in [5, 5.41) is 0. The zero-order chi connectivity index (χ0) is 14.6. The molecule has 0 aliphatic carbocycles. The van der Waals surface area contributed by atoms with E-state index in [1.54, 1.807) is 13.8 Å². The van der Waals surface area contributed by atoms with Gasteiger partial charge in [-0.2, -0.15) is 0 Å². The summed E-state index contributed by atoms with van der Waals surface area (Å²) in [5.74, 6) is -0.241. The SMILES string of the molecule is CC(C)C(=O)C1CCCN1C(=O)OCOP(=O)(O)O. The minimum absolute atomic E-state index is 0.0506. The van der Waals surface area contributed by atoms with E-state index in [1.165, 1.54) is 4.90 Å². The predicted molar refractivity (Wildman–Crippen MR) is 64.1 cm³/mol. The van der Waals surface area contributed by atoms with Crippen LogP contribution in [0.15, 0.2) is 0 Å². The van der Waals surface area contributed by atoms with Crippen molar-refractivity contribution in [2.75, 3.05) is 13.3 Å². The van der Waals surface area contributed by atoms with Crippen LogP contribution < -0.4 is 0 Å². The van der Waals surface area contributed by atoms with Crippen LogP contribution in [0.4, 0.5) is 4.79 Å². The number of ketones is 1. The van der Waals surface area contributed by atoms with Gasteiger partial charge in [0.1, 0.15) is 0 Å². The van der Waals surface area contributed by atoms with Crippen LogP contribution in [0.2, 0.25) is 0 Å². The Morgan fingerprint density at radius 3 is 2.58 bits per heavy atom. The first-order chi connectivity index (χ1) is 8.72. The number of amides is 1. The third-order valence-electron chi connectivity index (χ3n) is 2.79. The zero-order valence-electron chi connectivity index (χ0n) is 10.8. The van der Waals surface area contributed by atoms with E-state index in [0.717, 1.165) is 0 Å². The molecule has 9 heteroatoms. The average Bonchev–Trinajstić information content (AvgIpc) is 2.74. The lowest BCUT2D eigenvalue weighted by atomic mass is 10.0. The van der Waals surface area contributed by atoms with Gasteiger partial charge >= 0.3 is 13.9 Å². The van der Waals surface area contributed by atoms with Crippen molar-refractivity contribution in [1.82, 2.24) is 4.90 Å². The van der Waals surface area contributed by atoms with Crippen molar-refractivity contribution in [1.29, 1.82) is 0 Å². The van der Waals surface area contributed by atoms with Gasteiger partial charge in [-0.1, -0.05) is 13.8 Å². The van der Waals surface area contributed by atoms with Gasteiger partial charge < -0.3 is 14.5 Å². The summed E-state index contributed by atoms with van der Waals surface area (Å²) in [6.07, 6.45) is 0.466. The molecule has 1 rings (SSSR count). The van der Waals surface area contributed by atoms with Crippen LogP contribution in [0.25, 0.3) is 0 Å². The lowest BCUT2D eigenvalue weighted by molar-refractivity contribution is -0.126. The highest BCUT2D eigenvalue weighted by molar-refractivity contribution is 7.46. The molecule has 0 radical (unpaired) electrons. The van der Waals surface area contributed by atoms with E-state index >= 15 is 0 Å². The monoisotopic (exact) mass is 295 g/mol. The third-order valence-corrected chi connectivity index (χ3v) is 3.23. The lowest BCUT2D eigenvalue weighted by Gasteiger charge is -2.24. The minimum atomic E-state index is -4.67. The number of phosphoric acid groups is 1. The van der Waals surface area contributed by atoms with Gasteiger partial charge in [-0.15, -0.1) is 0 Å². The molecule has 2 N–H and O–H groups in total. The standard InChI is InChI=1S/C10H18NO7P/c1-7(2)9(12)8-4-3-5-11(8)10(13)17-6-18-19(14,15)16/h7-8H,3-6H2,1-2H3,(H2,14,15,16). The summed E-state index contributed by atoms with van der Waals surface area (Å²) in [7, 11) is -4.67. The second-order valence-electron chi connectivity index (χ2n) is 4.56. The summed E-state index contributed by atoms with van der Waals surface area (Å²) in [4.78, 5) is 41.7. The van der Waals surface area contributed by atoms with E-state index in [0.29, 0.717) is 19.4 Å². The number of hydrogen-bond acceptors (Lipinski definition) is 5. The van der Waals surface area contributed by atoms with Crippen LogP contribution in [0.5, 0.6) is 0 Å². The van der Waals surface area contributed by atoms with Crippen LogP contribution in [0, 0.1) is 5.92 Å². The van der Waals surface area contributed by atoms with Crippen LogP contribution in [-0.2, 0) is 18.6 Å². The molecule has 19 heavy (non-hydrogen) atoms. The van der Waals surface area contributed by atoms with E-state index in [1.807, 2.05) is 0 Å². The largest absolute Gasteiger partial charge is 0.472 e. The number of rotatable bonds is 5. The highest BCUT2D eigenvalue weighted by Crippen LogP contribution is 2.35. The van der Waals surface area contributed by atoms with Gasteiger partial charge in [-0.05, 0) is 12.8 Å². The van der Waals surface area contributed by atoms with Crippen molar-refractivity contribution in [2.45, 2.75) is 32.7 Å². The summed E-state index contributed by atoms with van der Waals surface area (Å²) in [6.45, 7) is 3.04. The first kappa shape index (κ1) is 16.1. The van der Waals surface area contributed by atoms with Crippen molar-refractivity contribution >= 4 is 19.7 Å². The molecule has 1 atom stereocenters. The van der Waals surface area contributed by atoms with Gasteiger partial charge in [-0.25, -0.2) is 13.9 Å². The highest BCUT2D eigenvalue weighted by atomic mass is 31.2. The van der Waals surface area contributed by atoms with Gasteiger partial charge in [0.05, 0.1) is 6.04 Å². The molecule has 1 unspecified atom stereocenters. The highest BCUT2D eigenvalue weighted by Gasteiger charge is 2.36. The second kappa shape index (κ2) is 6.47. The van der Waals surface area contributed by atoms with Gasteiger partial charge in [0, 0.05) is 12.5 Å². The number of carbonyl (C=O) groups is 2. The molecule has 0 bridgehead atoms. The Balaban J connectivity index is 2.51. The molecule has 110 valence electrons. The maximum absolute atomic E-state index is 11.9. The number of likely N-dealkylation sites (tertiary alicyclic amines) is 1. The molecule has 8 nitrogen and oxygen atoms in total. The minimum Gasteiger partial charge on any atom is -0.422 e. The summed E-state index contributed by atoms with van der Waals surface area (Å²) < 4.78 is 19.0. The number of hydrogen-bond donors (Lipinski definition) is 2. The lowest BCUT2D eigenvalue weighted by Crippen LogP contribution is -2.42. The normalized spacial score (nSPS) is 19.8. The van der Waals surface area contributed by atoms with Gasteiger partial charge in [0.25, 0.3) is 0 Å². The Morgan fingerprint density at radius 1 is 1.42 bits per heavy atom. The predicted octanol–water partition coefficient (Wildman–Crippen LogP) is 0.879. The number of ether oxygens (including phenoxy) is 1. The van der Waals surface area contributed by atoms with Gasteiger partial charge in [-0.3, -0.25) is 9.69 Å².